The third-order valence-electron chi connectivity index (χ3n) is 4.24. The standard InChI is InChI=1S/C15H22ClN3O/c1-4-7-19-15(20)14(16)13(9-17-19)18-12-6-5-10(2)11(3)8-12/h4,9-12,18H,1,5-8H2,2-3H3. The van der Waals surface area contributed by atoms with Crippen LogP contribution in [-0.4, -0.2) is 15.8 Å². The van der Waals surface area contributed by atoms with Crippen LogP contribution in [0.25, 0.3) is 0 Å². The Morgan fingerprint density at radius 1 is 1.50 bits per heavy atom. The molecule has 1 N–H and O–H groups in total. The summed E-state index contributed by atoms with van der Waals surface area (Å²) < 4.78 is 1.31. The molecule has 110 valence electrons. The molecule has 0 aromatic carbocycles. The molecule has 3 atom stereocenters. The molecule has 0 spiro atoms. The Morgan fingerprint density at radius 2 is 2.25 bits per heavy atom. The Morgan fingerprint density at radius 3 is 2.90 bits per heavy atom. The van der Waals surface area contributed by atoms with Crippen LogP contribution in [0.3, 0.4) is 0 Å². The van der Waals surface area contributed by atoms with Gasteiger partial charge >= 0.3 is 0 Å². The number of halogens is 1. The van der Waals surface area contributed by atoms with Gasteiger partial charge < -0.3 is 5.32 Å². The van der Waals surface area contributed by atoms with E-state index in [0.717, 1.165) is 18.8 Å². The number of hydrogen-bond acceptors (Lipinski definition) is 3. The first-order valence-electron chi connectivity index (χ1n) is 7.16. The molecular formula is C15H22ClN3O. The van der Waals surface area contributed by atoms with Gasteiger partial charge in [0.1, 0.15) is 5.02 Å². The van der Waals surface area contributed by atoms with Gasteiger partial charge in [-0.2, -0.15) is 5.10 Å². The minimum atomic E-state index is -0.270. The lowest BCUT2D eigenvalue weighted by Crippen LogP contribution is -2.32. The molecule has 1 aliphatic carbocycles. The van der Waals surface area contributed by atoms with Crippen LogP contribution in [0.5, 0.6) is 0 Å². The van der Waals surface area contributed by atoms with Gasteiger partial charge in [-0.25, -0.2) is 4.68 Å². The molecule has 0 saturated heterocycles. The van der Waals surface area contributed by atoms with E-state index in [1.807, 2.05) is 0 Å². The van der Waals surface area contributed by atoms with Crippen LogP contribution in [0, 0.1) is 11.8 Å². The van der Waals surface area contributed by atoms with Crippen molar-refractivity contribution >= 4 is 17.3 Å². The van der Waals surface area contributed by atoms with E-state index in [0.29, 0.717) is 24.2 Å². The van der Waals surface area contributed by atoms with Crippen LogP contribution in [0.15, 0.2) is 23.6 Å². The molecule has 5 heteroatoms. The van der Waals surface area contributed by atoms with Crippen LogP contribution < -0.4 is 10.9 Å². The normalized spacial score (nSPS) is 26.2. The minimum absolute atomic E-state index is 0.216. The molecular weight excluding hydrogens is 274 g/mol. The van der Waals surface area contributed by atoms with E-state index in [4.69, 9.17) is 11.6 Å². The lowest BCUT2D eigenvalue weighted by molar-refractivity contribution is 0.261. The van der Waals surface area contributed by atoms with Gasteiger partial charge in [-0.1, -0.05) is 31.5 Å². The molecule has 3 unspecified atom stereocenters. The summed E-state index contributed by atoms with van der Waals surface area (Å²) in [5, 5.41) is 7.71. The van der Waals surface area contributed by atoms with Crippen LogP contribution >= 0.6 is 11.6 Å². The molecule has 0 bridgehead atoms. The largest absolute Gasteiger partial charge is 0.380 e. The van der Waals surface area contributed by atoms with Crippen molar-refractivity contribution in [2.24, 2.45) is 11.8 Å². The van der Waals surface area contributed by atoms with E-state index in [1.54, 1.807) is 12.3 Å². The van der Waals surface area contributed by atoms with Gasteiger partial charge in [0.15, 0.2) is 0 Å². The summed E-state index contributed by atoms with van der Waals surface area (Å²) in [4.78, 5) is 12.0. The minimum Gasteiger partial charge on any atom is -0.380 e. The second-order valence-corrected chi connectivity index (χ2v) is 6.14. The summed E-state index contributed by atoms with van der Waals surface area (Å²) in [6, 6.07) is 0.371. The van der Waals surface area contributed by atoms with Crippen LogP contribution in [-0.2, 0) is 6.54 Å². The smallest absolute Gasteiger partial charge is 0.287 e. The van der Waals surface area contributed by atoms with Crippen molar-refractivity contribution in [3.05, 3.63) is 34.2 Å². The van der Waals surface area contributed by atoms with Gasteiger partial charge in [-0.3, -0.25) is 4.79 Å². The molecule has 0 amide bonds. The number of aromatic nitrogens is 2. The van der Waals surface area contributed by atoms with Crippen molar-refractivity contribution in [3.8, 4) is 0 Å². The van der Waals surface area contributed by atoms with Crippen molar-refractivity contribution in [2.45, 2.75) is 45.7 Å². The third kappa shape index (κ3) is 3.23. The topological polar surface area (TPSA) is 46.9 Å². The first-order chi connectivity index (χ1) is 9.52. The highest BCUT2D eigenvalue weighted by molar-refractivity contribution is 6.32. The fraction of sp³-hybridized carbons (Fsp3) is 0.600. The molecule has 1 fully saturated rings. The van der Waals surface area contributed by atoms with Gasteiger partial charge in [-0.15, -0.1) is 6.58 Å². The molecule has 0 radical (unpaired) electrons. The molecule has 20 heavy (non-hydrogen) atoms. The van der Waals surface area contributed by atoms with Crippen molar-refractivity contribution in [1.29, 1.82) is 0 Å². The number of anilines is 1. The average Bonchev–Trinajstić information content (AvgIpc) is 2.42. The van der Waals surface area contributed by atoms with Gasteiger partial charge in [0.2, 0.25) is 0 Å². The molecule has 1 heterocycles. The lowest BCUT2D eigenvalue weighted by Gasteiger charge is -2.33. The summed E-state index contributed by atoms with van der Waals surface area (Å²) in [5.74, 6) is 1.45. The highest BCUT2D eigenvalue weighted by Crippen LogP contribution is 2.31. The van der Waals surface area contributed by atoms with E-state index in [9.17, 15) is 4.79 Å². The van der Waals surface area contributed by atoms with Gasteiger partial charge in [0, 0.05) is 6.04 Å². The SMILES string of the molecule is C=CCn1ncc(NC2CCC(C)C(C)C2)c(Cl)c1=O. The van der Waals surface area contributed by atoms with E-state index in [2.05, 4.69) is 30.8 Å². The zero-order valence-electron chi connectivity index (χ0n) is 12.1. The van der Waals surface area contributed by atoms with Crippen molar-refractivity contribution in [3.63, 3.8) is 0 Å². The fourth-order valence-electron chi connectivity index (χ4n) is 2.72. The molecule has 2 rings (SSSR count). The number of hydrogen-bond donors (Lipinski definition) is 1. The number of allylic oxidation sites excluding steroid dienone is 1. The van der Waals surface area contributed by atoms with Gasteiger partial charge in [0.05, 0.1) is 18.4 Å². The number of nitrogens with zero attached hydrogens (tertiary/aromatic N) is 2. The van der Waals surface area contributed by atoms with E-state index >= 15 is 0 Å². The number of rotatable bonds is 4. The first-order valence-corrected chi connectivity index (χ1v) is 7.53. The summed E-state index contributed by atoms with van der Waals surface area (Å²) in [5.41, 5.74) is 0.373. The summed E-state index contributed by atoms with van der Waals surface area (Å²) >= 11 is 6.15. The van der Waals surface area contributed by atoms with Crippen molar-refractivity contribution < 1.29 is 0 Å². The summed E-state index contributed by atoms with van der Waals surface area (Å²) in [6.45, 7) is 8.55. The molecule has 4 nitrogen and oxygen atoms in total. The van der Waals surface area contributed by atoms with Crippen LogP contribution in [0.2, 0.25) is 5.02 Å². The Balaban J connectivity index is 2.12. The fourth-order valence-corrected chi connectivity index (χ4v) is 2.92. The Kier molecular flexibility index (Phi) is 4.86. The zero-order chi connectivity index (χ0) is 14.7. The maximum atomic E-state index is 12.0. The molecule has 1 saturated carbocycles. The molecule has 1 aliphatic rings. The third-order valence-corrected chi connectivity index (χ3v) is 4.61. The summed E-state index contributed by atoms with van der Waals surface area (Å²) in [7, 11) is 0. The van der Waals surface area contributed by atoms with Gasteiger partial charge in [0.25, 0.3) is 5.56 Å². The van der Waals surface area contributed by atoms with Gasteiger partial charge in [-0.05, 0) is 31.1 Å². The maximum Gasteiger partial charge on any atom is 0.287 e. The number of nitrogens with one attached hydrogen (secondary N) is 1. The van der Waals surface area contributed by atoms with E-state index < -0.39 is 0 Å². The van der Waals surface area contributed by atoms with E-state index in [-0.39, 0.29) is 10.6 Å². The Bertz CT molecular complexity index is 540. The molecule has 0 aliphatic heterocycles. The van der Waals surface area contributed by atoms with Crippen molar-refractivity contribution in [2.75, 3.05) is 5.32 Å². The van der Waals surface area contributed by atoms with Crippen LogP contribution in [0.1, 0.15) is 33.1 Å². The highest BCUT2D eigenvalue weighted by atomic mass is 35.5. The Labute approximate surface area is 124 Å². The second kappa shape index (κ2) is 6.44. The predicted molar refractivity (Wildman–Crippen MR) is 83.3 cm³/mol. The maximum absolute atomic E-state index is 12.0. The van der Waals surface area contributed by atoms with Crippen LogP contribution in [0.4, 0.5) is 5.69 Å². The van der Waals surface area contributed by atoms with E-state index in [1.165, 1.54) is 11.1 Å². The predicted octanol–water partition coefficient (Wildman–Crippen LogP) is 3.32. The first kappa shape index (κ1) is 15.1. The quantitative estimate of drug-likeness (QED) is 0.867. The molecule has 1 aromatic rings. The summed E-state index contributed by atoms with van der Waals surface area (Å²) in [6.07, 6.45) is 6.68. The second-order valence-electron chi connectivity index (χ2n) is 5.76. The zero-order valence-corrected chi connectivity index (χ0v) is 12.9. The molecule has 1 aromatic heterocycles. The lowest BCUT2D eigenvalue weighted by atomic mass is 9.79. The Hall–Kier alpha value is -1.29. The monoisotopic (exact) mass is 295 g/mol. The average molecular weight is 296 g/mol. The van der Waals surface area contributed by atoms with Crippen molar-refractivity contribution in [1.82, 2.24) is 9.78 Å². The highest BCUT2D eigenvalue weighted by Gasteiger charge is 2.25.